The lowest BCUT2D eigenvalue weighted by atomic mass is 9.85. The summed E-state index contributed by atoms with van der Waals surface area (Å²) in [4.78, 5) is 33.9. The normalized spacial score (nSPS) is 10.9. The van der Waals surface area contributed by atoms with Crippen LogP contribution in [0.3, 0.4) is 0 Å². The fourth-order valence-electron chi connectivity index (χ4n) is 2.00. The molecular weight excluding hydrogens is 284 g/mol. The van der Waals surface area contributed by atoms with E-state index in [1.54, 1.807) is 45.0 Å². The average Bonchev–Trinajstić information content (AvgIpc) is 2.38. The number of carboxylic acids is 1. The molecular formula is C16H22N2O4. The van der Waals surface area contributed by atoms with Crippen LogP contribution < -0.4 is 10.6 Å². The highest BCUT2D eigenvalue weighted by Gasteiger charge is 2.25. The van der Waals surface area contributed by atoms with Crippen LogP contribution in [0.25, 0.3) is 0 Å². The molecule has 2 amide bonds. The molecule has 0 saturated carbocycles. The molecule has 1 aromatic rings. The Kier molecular flexibility index (Phi) is 6.10. The highest BCUT2D eigenvalue weighted by atomic mass is 16.4. The molecule has 0 aliphatic rings. The number of carbonyl (C=O) groups excluding carboxylic acids is 2. The van der Waals surface area contributed by atoms with E-state index >= 15 is 0 Å². The van der Waals surface area contributed by atoms with Crippen LogP contribution in [0.1, 0.15) is 40.0 Å². The summed E-state index contributed by atoms with van der Waals surface area (Å²) in [7, 11) is 0. The van der Waals surface area contributed by atoms with Crippen LogP contribution in [0, 0.1) is 5.41 Å². The second kappa shape index (κ2) is 7.59. The molecule has 0 heterocycles. The lowest BCUT2D eigenvalue weighted by molar-refractivity contribution is -0.139. The SMILES string of the molecule is CCC(=O)Nc1ccc(NC(=O)CC(C)(C)CC(=O)O)cc1. The third-order valence-electron chi connectivity index (χ3n) is 3.04. The minimum Gasteiger partial charge on any atom is -0.481 e. The first-order chi connectivity index (χ1) is 10.2. The molecule has 3 N–H and O–H groups in total. The number of carbonyl (C=O) groups is 3. The first-order valence-electron chi connectivity index (χ1n) is 7.13. The van der Waals surface area contributed by atoms with Gasteiger partial charge in [-0.25, -0.2) is 0 Å². The Morgan fingerprint density at radius 1 is 0.955 bits per heavy atom. The fraction of sp³-hybridized carbons (Fsp3) is 0.438. The van der Waals surface area contributed by atoms with Gasteiger partial charge in [0.2, 0.25) is 11.8 Å². The average molecular weight is 306 g/mol. The Balaban J connectivity index is 2.58. The fourth-order valence-corrected chi connectivity index (χ4v) is 2.00. The zero-order chi connectivity index (χ0) is 16.8. The van der Waals surface area contributed by atoms with E-state index in [0.717, 1.165) is 0 Å². The molecule has 22 heavy (non-hydrogen) atoms. The van der Waals surface area contributed by atoms with E-state index in [1.165, 1.54) is 0 Å². The Labute approximate surface area is 129 Å². The van der Waals surface area contributed by atoms with Crippen molar-refractivity contribution < 1.29 is 19.5 Å². The van der Waals surface area contributed by atoms with E-state index in [9.17, 15) is 14.4 Å². The molecule has 0 fully saturated rings. The lowest BCUT2D eigenvalue weighted by Crippen LogP contribution is -2.24. The van der Waals surface area contributed by atoms with Crippen molar-refractivity contribution in [3.63, 3.8) is 0 Å². The maximum Gasteiger partial charge on any atom is 0.303 e. The van der Waals surface area contributed by atoms with Gasteiger partial charge in [0.1, 0.15) is 0 Å². The van der Waals surface area contributed by atoms with Crippen molar-refractivity contribution in [2.24, 2.45) is 5.41 Å². The van der Waals surface area contributed by atoms with Crippen LogP contribution in [-0.2, 0) is 14.4 Å². The van der Waals surface area contributed by atoms with Crippen LogP contribution in [0.15, 0.2) is 24.3 Å². The second-order valence-corrected chi connectivity index (χ2v) is 5.94. The summed E-state index contributed by atoms with van der Waals surface area (Å²) in [6, 6.07) is 6.78. The maximum atomic E-state index is 11.9. The third-order valence-corrected chi connectivity index (χ3v) is 3.04. The number of hydrogen-bond donors (Lipinski definition) is 3. The lowest BCUT2D eigenvalue weighted by Gasteiger charge is -2.21. The predicted octanol–water partition coefficient (Wildman–Crippen LogP) is 2.86. The van der Waals surface area contributed by atoms with Gasteiger partial charge in [0, 0.05) is 24.2 Å². The van der Waals surface area contributed by atoms with E-state index in [4.69, 9.17) is 5.11 Å². The summed E-state index contributed by atoms with van der Waals surface area (Å²) < 4.78 is 0. The van der Waals surface area contributed by atoms with E-state index in [0.29, 0.717) is 17.8 Å². The topological polar surface area (TPSA) is 95.5 Å². The van der Waals surface area contributed by atoms with Gasteiger partial charge >= 0.3 is 5.97 Å². The highest BCUT2D eigenvalue weighted by Crippen LogP contribution is 2.25. The van der Waals surface area contributed by atoms with Crippen molar-refractivity contribution in [1.29, 1.82) is 0 Å². The third kappa shape index (κ3) is 6.39. The quantitative estimate of drug-likeness (QED) is 0.721. The van der Waals surface area contributed by atoms with Crippen LogP contribution in [0.4, 0.5) is 11.4 Å². The second-order valence-electron chi connectivity index (χ2n) is 5.94. The number of nitrogens with one attached hydrogen (secondary N) is 2. The molecule has 120 valence electrons. The molecule has 0 unspecified atom stereocenters. The predicted molar refractivity (Wildman–Crippen MR) is 84.6 cm³/mol. The van der Waals surface area contributed by atoms with Crippen molar-refractivity contribution in [2.45, 2.75) is 40.0 Å². The summed E-state index contributed by atoms with van der Waals surface area (Å²) in [6.45, 7) is 5.25. The number of anilines is 2. The van der Waals surface area contributed by atoms with Crippen molar-refractivity contribution >= 4 is 29.2 Å². The van der Waals surface area contributed by atoms with Gasteiger partial charge in [-0.1, -0.05) is 20.8 Å². The van der Waals surface area contributed by atoms with Gasteiger partial charge in [0.25, 0.3) is 0 Å². The highest BCUT2D eigenvalue weighted by molar-refractivity contribution is 5.93. The summed E-state index contributed by atoms with van der Waals surface area (Å²) in [5.41, 5.74) is 0.659. The molecule has 6 nitrogen and oxygen atoms in total. The standard InChI is InChI=1S/C16H22N2O4/c1-4-13(19)17-11-5-7-12(8-6-11)18-14(20)9-16(2,3)10-15(21)22/h5-8H,4,9-10H2,1-3H3,(H,17,19)(H,18,20)(H,21,22). The molecule has 0 spiro atoms. The van der Waals surface area contributed by atoms with Gasteiger partial charge in [-0.15, -0.1) is 0 Å². The number of aliphatic carboxylic acids is 1. The minimum atomic E-state index is -0.922. The van der Waals surface area contributed by atoms with Gasteiger partial charge in [-0.2, -0.15) is 0 Å². The van der Waals surface area contributed by atoms with Gasteiger partial charge in [-0.05, 0) is 29.7 Å². The molecule has 1 rings (SSSR count). The van der Waals surface area contributed by atoms with E-state index in [2.05, 4.69) is 10.6 Å². The minimum absolute atomic E-state index is 0.0671. The number of rotatable bonds is 7. The monoisotopic (exact) mass is 306 g/mol. The van der Waals surface area contributed by atoms with Crippen LogP contribution in [-0.4, -0.2) is 22.9 Å². The summed E-state index contributed by atoms with van der Waals surface area (Å²) in [5, 5.41) is 14.2. The summed E-state index contributed by atoms with van der Waals surface area (Å²) in [5.74, 6) is -1.24. The van der Waals surface area contributed by atoms with Gasteiger partial charge in [0.15, 0.2) is 0 Å². The van der Waals surface area contributed by atoms with Crippen molar-refractivity contribution in [3.05, 3.63) is 24.3 Å². The molecule has 0 radical (unpaired) electrons. The number of carboxylic acid groups (broad SMARTS) is 1. The first kappa shape index (κ1) is 17.7. The van der Waals surface area contributed by atoms with E-state index < -0.39 is 11.4 Å². The summed E-state index contributed by atoms with van der Waals surface area (Å²) in [6.07, 6.45) is 0.452. The number of amides is 2. The molecule has 0 aromatic heterocycles. The Morgan fingerprint density at radius 3 is 1.82 bits per heavy atom. The van der Waals surface area contributed by atoms with Crippen molar-refractivity contribution in [3.8, 4) is 0 Å². The zero-order valence-electron chi connectivity index (χ0n) is 13.1. The Bertz CT molecular complexity index is 550. The molecule has 0 atom stereocenters. The zero-order valence-corrected chi connectivity index (χ0v) is 13.1. The molecule has 0 bridgehead atoms. The van der Waals surface area contributed by atoms with E-state index in [-0.39, 0.29) is 24.7 Å². The van der Waals surface area contributed by atoms with Crippen molar-refractivity contribution in [1.82, 2.24) is 0 Å². The number of benzene rings is 1. The van der Waals surface area contributed by atoms with Gasteiger partial charge in [0.05, 0.1) is 6.42 Å². The van der Waals surface area contributed by atoms with Gasteiger partial charge < -0.3 is 15.7 Å². The molecule has 0 saturated heterocycles. The smallest absolute Gasteiger partial charge is 0.303 e. The molecule has 6 heteroatoms. The van der Waals surface area contributed by atoms with Crippen molar-refractivity contribution in [2.75, 3.05) is 10.6 Å². The first-order valence-corrected chi connectivity index (χ1v) is 7.13. The van der Waals surface area contributed by atoms with Crippen LogP contribution >= 0.6 is 0 Å². The van der Waals surface area contributed by atoms with Gasteiger partial charge in [-0.3, -0.25) is 14.4 Å². The number of hydrogen-bond acceptors (Lipinski definition) is 3. The Hall–Kier alpha value is -2.37. The summed E-state index contributed by atoms with van der Waals surface area (Å²) >= 11 is 0. The molecule has 1 aromatic carbocycles. The van der Waals surface area contributed by atoms with Crippen LogP contribution in [0.2, 0.25) is 0 Å². The van der Waals surface area contributed by atoms with E-state index in [1.807, 2.05) is 0 Å². The van der Waals surface area contributed by atoms with Crippen LogP contribution in [0.5, 0.6) is 0 Å². The molecule has 0 aliphatic heterocycles. The Morgan fingerprint density at radius 2 is 1.41 bits per heavy atom. The maximum absolute atomic E-state index is 11.9. The largest absolute Gasteiger partial charge is 0.481 e. The molecule has 0 aliphatic carbocycles.